The highest BCUT2D eigenvalue weighted by molar-refractivity contribution is 5.77. The second-order valence-corrected chi connectivity index (χ2v) is 8.57. The maximum absolute atomic E-state index is 13.0. The summed E-state index contributed by atoms with van der Waals surface area (Å²) in [5, 5.41) is 2.55. The summed E-state index contributed by atoms with van der Waals surface area (Å²) in [5.41, 5.74) is 0.0238. The van der Waals surface area contributed by atoms with Crippen LogP contribution in [0.15, 0.2) is 65.1 Å². The molecule has 0 radical (unpaired) electrons. The average molecular weight is 535 g/mol. The summed E-state index contributed by atoms with van der Waals surface area (Å²) in [6.45, 7) is -0.0550. The van der Waals surface area contributed by atoms with Gasteiger partial charge in [-0.15, -0.1) is 0 Å². The lowest BCUT2D eigenvalue weighted by atomic mass is 10.1. The van der Waals surface area contributed by atoms with Gasteiger partial charge in [-0.25, -0.2) is 4.98 Å². The summed E-state index contributed by atoms with van der Waals surface area (Å²) in [6.07, 6.45) is -6.22. The number of fused-ring (bicyclic) bond motifs is 1. The highest BCUT2D eigenvalue weighted by Crippen LogP contribution is 2.37. The van der Waals surface area contributed by atoms with Crippen molar-refractivity contribution in [3.05, 3.63) is 83.2 Å². The molecule has 4 rings (SSSR count). The first-order valence-corrected chi connectivity index (χ1v) is 11.4. The van der Waals surface area contributed by atoms with Crippen molar-refractivity contribution < 1.29 is 35.5 Å². The molecule has 0 aliphatic heterocycles. The van der Waals surface area contributed by atoms with Crippen LogP contribution in [-0.2, 0) is 12.4 Å². The largest absolute Gasteiger partial charge is 0.492 e. The second-order valence-electron chi connectivity index (χ2n) is 8.57. The lowest BCUT2D eigenvalue weighted by molar-refractivity contribution is -0.143. The maximum Gasteiger partial charge on any atom is 0.416 e. The van der Waals surface area contributed by atoms with E-state index in [9.17, 15) is 26.3 Å². The van der Waals surface area contributed by atoms with Crippen LogP contribution in [0, 0.1) is 0 Å². The molecule has 1 aromatic heterocycles. The Morgan fingerprint density at radius 1 is 0.868 bits per heavy atom. The van der Waals surface area contributed by atoms with Gasteiger partial charge in [0, 0.05) is 44.2 Å². The van der Waals surface area contributed by atoms with Gasteiger partial charge in [0.05, 0.1) is 11.1 Å². The Balaban J connectivity index is 1.37. The number of aromatic nitrogens is 1. The molecule has 0 aliphatic rings. The van der Waals surface area contributed by atoms with Gasteiger partial charge < -0.3 is 19.4 Å². The van der Waals surface area contributed by atoms with Crippen molar-refractivity contribution >= 4 is 34.6 Å². The standard InChI is InChI=1S/C27H23F6N3O2/c1-36(2)21-6-3-17(4-7-21)5-10-25-35-23-9-8-22(16-24(23)38-25)37-12-11-34-20-14-18(26(28,29)30)13-19(15-20)27(31,32)33/h3-10,13-16,34H,11-12H2,1-2H3/b10-5+. The molecular formula is C27H23F6N3O2. The Morgan fingerprint density at radius 3 is 2.13 bits per heavy atom. The number of hydrogen-bond acceptors (Lipinski definition) is 5. The molecule has 0 aliphatic carbocycles. The first-order valence-electron chi connectivity index (χ1n) is 11.4. The van der Waals surface area contributed by atoms with E-state index in [0.717, 1.165) is 11.3 Å². The molecule has 0 saturated heterocycles. The third-order valence-corrected chi connectivity index (χ3v) is 5.49. The van der Waals surface area contributed by atoms with E-state index in [1.165, 1.54) is 0 Å². The Bertz CT molecular complexity index is 1390. The van der Waals surface area contributed by atoms with Gasteiger partial charge in [0.2, 0.25) is 5.89 Å². The predicted octanol–water partition coefficient (Wildman–Crippen LogP) is 7.59. The van der Waals surface area contributed by atoms with Gasteiger partial charge >= 0.3 is 12.4 Å². The zero-order valence-electron chi connectivity index (χ0n) is 20.3. The molecule has 0 fully saturated rings. The fraction of sp³-hybridized carbons (Fsp3) is 0.222. The minimum atomic E-state index is -4.91. The van der Waals surface area contributed by atoms with E-state index in [1.54, 1.807) is 24.3 Å². The van der Waals surface area contributed by atoms with E-state index in [4.69, 9.17) is 9.15 Å². The first kappa shape index (κ1) is 26.9. The number of hydrogen-bond donors (Lipinski definition) is 1. The summed E-state index contributed by atoms with van der Waals surface area (Å²) < 4.78 is 89.4. The summed E-state index contributed by atoms with van der Waals surface area (Å²) in [5.74, 6) is 0.797. The van der Waals surface area contributed by atoms with Crippen LogP contribution >= 0.6 is 0 Å². The Kier molecular flexibility index (Phi) is 7.56. The highest BCUT2D eigenvalue weighted by atomic mass is 19.4. The van der Waals surface area contributed by atoms with Crippen LogP contribution in [0.25, 0.3) is 23.3 Å². The first-order chi connectivity index (χ1) is 17.9. The Morgan fingerprint density at radius 2 is 1.53 bits per heavy atom. The molecule has 1 N–H and O–H groups in total. The van der Waals surface area contributed by atoms with Gasteiger partial charge in [-0.3, -0.25) is 0 Å². The number of nitrogens with zero attached hydrogens (tertiary/aromatic N) is 2. The third kappa shape index (κ3) is 6.78. The number of anilines is 2. The molecule has 0 unspecified atom stereocenters. The van der Waals surface area contributed by atoms with Crippen molar-refractivity contribution in [2.45, 2.75) is 12.4 Å². The molecule has 0 saturated carbocycles. The Labute approximate surface area is 214 Å². The zero-order chi connectivity index (χ0) is 27.5. The predicted molar refractivity (Wildman–Crippen MR) is 134 cm³/mol. The van der Waals surface area contributed by atoms with Crippen LogP contribution in [0.2, 0.25) is 0 Å². The lowest BCUT2D eigenvalue weighted by Crippen LogP contribution is -2.15. The molecule has 5 nitrogen and oxygen atoms in total. The topological polar surface area (TPSA) is 50.5 Å². The molecule has 0 bridgehead atoms. The number of oxazole rings is 1. The molecular weight excluding hydrogens is 512 g/mol. The van der Waals surface area contributed by atoms with E-state index < -0.39 is 23.5 Å². The van der Waals surface area contributed by atoms with Crippen LogP contribution in [-0.4, -0.2) is 32.2 Å². The smallest absolute Gasteiger partial charge is 0.416 e. The van der Waals surface area contributed by atoms with E-state index in [1.807, 2.05) is 49.3 Å². The number of ether oxygens (including phenoxy) is 1. The van der Waals surface area contributed by atoms with Gasteiger partial charge in [-0.1, -0.05) is 12.1 Å². The number of benzene rings is 3. The number of rotatable bonds is 8. The highest BCUT2D eigenvalue weighted by Gasteiger charge is 2.36. The fourth-order valence-corrected chi connectivity index (χ4v) is 3.56. The van der Waals surface area contributed by atoms with E-state index in [-0.39, 0.29) is 24.9 Å². The SMILES string of the molecule is CN(C)c1ccc(/C=C/c2nc3ccc(OCCNc4cc(C(F)(F)F)cc(C(F)(F)F)c4)cc3o2)cc1. The van der Waals surface area contributed by atoms with Crippen LogP contribution in [0.4, 0.5) is 37.7 Å². The van der Waals surface area contributed by atoms with Crippen molar-refractivity contribution in [1.82, 2.24) is 4.98 Å². The van der Waals surface area contributed by atoms with Crippen LogP contribution in [0.3, 0.4) is 0 Å². The van der Waals surface area contributed by atoms with Crippen molar-refractivity contribution in [3.63, 3.8) is 0 Å². The normalized spacial score (nSPS) is 12.3. The molecule has 0 amide bonds. The number of nitrogens with one attached hydrogen (secondary N) is 1. The van der Waals surface area contributed by atoms with E-state index >= 15 is 0 Å². The molecule has 0 atom stereocenters. The summed E-state index contributed by atoms with van der Waals surface area (Å²) in [4.78, 5) is 6.39. The van der Waals surface area contributed by atoms with Crippen molar-refractivity contribution in [2.75, 3.05) is 37.5 Å². The van der Waals surface area contributed by atoms with Gasteiger partial charge in [-0.05, 0) is 54.1 Å². The summed E-state index contributed by atoms with van der Waals surface area (Å²) in [6, 6.07) is 14.2. The lowest BCUT2D eigenvalue weighted by Gasteiger charge is -2.15. The third-order valence-electron chi connectivity index (χ3n) is 5.49. The maximum atomic E-state index is 13.0. The molecule has 0 spiro atoms. The second kappa shape index (κ2) is 10.7. The number of alkyl halides is 6. The molecule has 200 valence electrons. The van der Waals surface area contributed by atoms with Crippen LogP contribution in [0.1, 0.15) is 22.6 Å². The van der Waals surface area contributed by atoms with Crippen LogP contribution < -0.4 is 15.0 Å². The number of halogens is 6. The van der Waals surface area contributed by atoms with Gasteiger partial charge in [-0.2, -0.15) is 26.3 Å². The Hall–Kier alpha value is -4.15. The van der Waals surface area contributed by atoms with Crippen molar-refractivity contribution in [2.24, 2.45) is 0 Å². The molecule has 1 heterocycles. The minimum Gasteiger partial charge on any atom is -0.492 e. The minimum absolute atomic E-state index is 0.0209. The van der Waals surface area contributed by atoms with Gasteiger partial charge in [0.25, 0.3) is 0 Å². The molecule has 3 aromatic carbocycles. The summed E-state index contributed by atoms with van der Waals surface area (Å²) >= 11 is 0. The van der Waals surface area contributed by atoms with Gasteiger partial charge in [0.15, 0.2) is 5.58 Å². The average Bonchev–Trinajstić information content (AvgIpc) is 3.26. The van der Waals surface area contributed by atoms with Gasteiger partial charge in [0.1, 0.15) is 17.9 Å². The monoisotopic (exact) mass is 535 g/mol. The zero-order valence-corrected chi connectivity index (χ0v) is 20.3. The van der Waals surface area contributed by atoms with Crippen molar-refractivity contribution in [3.8, 4) is 5.75 Å². The molecule has 11 heteroatoms. The quantitative estimate of drug-likeness (QED) is 0.186. The fourth-order valence-electron chi connectivity index (χ4n) is 3.56. The molecule has 38 heavy (non-hydrogen) atoms. The van der Waals surface area contributed by atoms with E-state index in [2.05, 4.69) is 10.3 Å². The van der Waals surface area contributed by atoms with Crippen LogP contribution in [0.5, 0.6) is 5.75 Å². The van der Waals surface area contributed by atoms with Crippen molar-refractivity contribution in [1.29, 1.82) is 0 Å². The van der Waals surface area contributed by atoms with E-state index in [0.29, 0.717) is 34.9 Å². The summed E-state index contributed by atoms with van der Waals surface area (Å²) in [7, 11) is 3.92. The molecule has 4 aromatic rings.